The number of aliphatic hydroxyl groups excluding tert-OH is 6. The van der Waals surface area contributed by atoms with Gasteiger partial charge in [-0.3, -0.25) is 18.6 Å². The lowest BCUT2D eigenvalue weighted by molar-refractivity contribution is -0.220. The Balaban J connectivity index is 2.55. The van der Waals surface area contributed by atoms with E-state index < -0.39 is 81.8 Å². The fourth-order valence-electron chi connectivity index (χ4n) is 6.26. The molecule has 1 aliphatic rings. The largest absolute Gasteiger partial charge is 0.472 e. The standard InChI is InChI=1S/C49H79O14P/c1-3-5-7-8-9-10-11-12-13-14-15-16-19-22-25-28-32-36-42(51)60-38-41(39-61-64(58,59)63-49-47(56)45(54)44(53)46(55)48(49)57)62-43(52)37-33-29-26-23-20-17-18-21-24-27-31-35-40(50)34-30-6-4-2/h5,7,9-10,12-13,15-18,23-24,26-27,31,35,40-41,44-50,53-57H,3-4,6,8,11,14,19-22,25,28-30,32-34,36-39H2,1-2H3,(H,58,59)/b7-5-,10-9-,13-12-,16-15-,18-17-,26-23-,27-24-,35-31+/t40-,41+,44?,45-,46+,47+,48+,49?/m0/s1. The Bertz CT molecular complexity index is 1500. The molecule has 1 fully saturated rings. The number of phosphoric acid groups is 1. The maximum Gasteiger partial charge on any atom is 0.472 e. The highest BCUT2D eigenvalue weighted by molar-refractivity contribution is 7.47. The number of carbonyl (C=O) groups excluding carboxylic acids is 2. The van der Waals surface area contributed by atoms with Crippen molar-refractivity contribution in [3.63, 3.8) is 0 Å². The van der Waals surface area contributed by atoms with Gasteiger partial charge in [0.25, 0.3) is 0 Å². The minimum atomic E-state index is -5.16. The van der Waals surface area contributed by atoms with Gasteiger partial charge >= 0.3 is 19.8 Å². The summed E-state index contributed by atoms with van der Waals surface area (Å²) in [5.41, 5.74) is 0. The number of esters is 2. The summed E-state index contributed by atoms with van der Waals surface area (Å²) in [6.07, 6.45) is 33.6. The molecule has 0 aromatic heterocycles. The number of ether oxygens (including phenoxy) is 2. The summed E-state index contributed by atoms with van der Waals surface area (Å²) in [4.78, 5) is 35.7. The van der Waals surface area contributed by atoms with E-state index in [1.54, 1.807) is 6.08 Å². The van der Waals surface area contributed by atoms with Crippen molar-refractivity contribution >= 4 is 19.8 Å². The van der Waals surface area contributed by atoms with Crippen LogP contribution in [0.5, 0.6) is 0 Å². The van der Waals surface area contributed by atoms with Crippen LogP contribution in [0.2, 0.25) is 0 Å². The molecule has 3 unspecified atom stereocenters. The smallest absolute Gasteiger partial charge is 0.462 e. The van der Waals surface area contributed by atoms with E-state index in [9.17, 15) is 49.7 Å². The number of phosphoric ester groups is 1. The van der Waals surface area contributed by atoms with Crippen LogP contribution in [0.3, 0.4) is 0 Å². The molecule has 0 aliphatic heterocycles. The molecule has 7 N–H and O–H groups in total. The van der Waals surface area contributed by atoms with E-state index in [2.05, 4.69) is 62.5 Å². The molecule has 14 nitrogen and oxygen atoms in total. The van der Waals surface area contributed by atoms with Gasteiger partial charge in [-0.05, 0) is 77.0 Å². The Morgan fingerprint density at radius 3 is 1.69 bits per heavy atom. The summed E-state index contributed by atoms with van der Waals surface area (Å²) in [6, 6.07) is 0. The molecule has 0 spiro atoms. The Labute approximate surface area is 382 Å². The lowest BCUT2D eigenvalue weighted by Crippen LogP contribution is -2.64. The fourth-order valence-corrected chi connectivity index (χ4v) is 7.23. The molecule has 64 heavy (non-hydrogen) atoms. The van der Waals surface area contributed by atoms with E-state index in [0.29, 0.717) is 25.7 Å². The number of aliphatic hydroxyl groups is 6. The molecule has 0 aromatic carbocycles. The normalized spacial score (nSPS) is 23.0. The Morgan fingerprint density at radius 1 is 0.578 bits per heavy atom. The third kappa shape index (κ3) is 30.0. The number of unbranched alkanes of at least 4 members (excludes halogenated alkanes) is 7. The van der Waals surface area contributed by atoms with Gasteiger partial charge in [-0.25, -0.2) is 4.57 Å². The van der Waals surface area contributed by atoms with Crippen LogP contribution in [0, 0.1) is 0 Å². The van der Waals surface area contributed by atoms with Crippen molar-refractivity contribution in [2.75, 3.05) is 13.2 Å². The molecule has 0 amide bonds. The maximum atomic E-state index is 12.8. The fraction of sp³-hybridized carbons (Fsp3) is 0.633. The van der Waals surface area contributed by atoms with Gasteiger partial charge < -0.3 is 45.0 Å². The van der Waals surface area contributed by atoms with Crippen LogP contribution >= 0.6 is 7.82 Å². The second-order valence-corrected chi connectivity index (χ2v) is 17.1. The highest BCUT2D eigenvalue weighted by Gasteiger charge is 2.51. The molecular formula is C49H79O14P. The van der Waals surface area contributed by atoms with E-state index in [-0.39, 0.29) is 12.8 Å². The number of allylic oxidation sites excluding steroid dienone is 15. The molecule has 0 bridgehead atoms. The summed E-state index contributed by atoms with van der Waals surface area (Å²) in [6.45, 7) is 2.97. The topological polar surface area (TPSA) is 230 Å². The summed E-state index contributed by atoms with van der Waals surface area (Å²) in [5, 5.41) is 60.1. The van der Waals surface area contributed by atoms with Gasteiger partial charge in [-0.15, -0.1) is 0 Å². The minimum Gasteiger partial charge on any atom is -0.462 e. The monoisotopic (exact) mass is 923 g/mol. The lowest BCUT2D eigenvalue weighted by atomic mass is 9.85. The van der Waals surface area contributed by atoms with Crippen LogP contribution in [0.25, 0.3) is 0 Å². The van der Waals surface area contributed by atoms with E-state index in [1.807, 2.05) is 42.5 Å². The van der Waals surface area contributed by atoms with Gasteiger partial charge in [-0.1, -0.05) is 143 Å². The molecule has 0 saturated heterocycles. The van der Waals surface area contributed by atoms with Crippen LogP contribution in [-0.4, -0.2) is 110 Å². The van der Waals surface area contributed by atoms with Gasteiger partial charge in [0, 0.05) is 12.8 Å². The van der Waals surface area contributed by atoms with E-state index >= 15 is 0 Å². The molecule has 9 atom stereocenters. The van der Waals surface area contributed by atoms with Gasteiger partial charge in [-0.2, -0.15) is 0 Å². The quantitative estimate of drug-likeness (QED) is 0.0104. The Hall–Kier alpha value is -3.27. The van der Waals surface area contributed by atoms with Gasteiger partial charge in [0.1, 0.15) is 43.2 Å². The van der Waals surface area contributed by atoms with Crippen LogP contribution < -0.4 is 0 Å². The van der Waals surface area contributed by atoms with Crippen molar-refractivity contribution in [3.05, 3.63) is 97.2 Å². The number of hydrogen-bond acceptors (Lipinski definition) is 13. The van der Waals surface area contributed by atoms with Crippen LogP contribution in [0.1, 0.15) is 136 Å². The predicted octanol–water partition coefficient (Wildman–Crippen LogP) is 8.02. The summed E-state index contributed by atoms with van der Waals surface area (Å²) >= 11 is 0. The van der Waals surface area contributed by atoms with E-state index in [0.717, 1.165) is 83.5 Å². The number of rotatable bonds is 36. The van der Waals surface area contributed by atoms with Gasteiger partial charge in [0.2, 0.25) is 0 Å². The molecule has 15 heteroatoms. The van der Waals surface area contributed by atoms with Crippen molar-refractivity contribution in [1.29, 1.82) is 0 Å². The third-order valence-corrected chi connectivity index (χ3v) is 11.0. The first-order valence-electron chi connectivity index (χ1n) is 23.1. The first-order valence-corrected chi connectivity index (χ1v) is 24.6. The van der Waals surface area contributed by atoms with E-state index in [4.69, 9.17) is 18.5 Å². The second-order valence-electron chi connectivity index (χ2n) is 15.7. The molecule has 0 heterocycles. The molecule has 1 saturated carbocycles. The van der Waals surface area contributed by atoms with Crippen molar-refractivity contribution in [1.82, 2.24) is 0 Å². The molecule has 364 valence electrons. The zero-order chi connectivity index (χ0) is 47.3. The third-order valence-electron chi connectivity index (χ3n) is 10.0. The molecule has 1 aliphatic carbocycles. The van der Waals surface area contributed by atoms with Crippen molar-refractivity contribution in [2.45, 2.75) is 185 Å². The Morgan fingerprint density at radius 2 is 1.09 bits per heavy atom. The second kappa shape index (κ2) is 37.9. The van der Waals surface area contributed by atoms with Crippen molar-refractivity contribution in [3.8, 4) is 0 Å². The Kier molecular flexibility index (Phi) is 34.8. The molecular weight excluding hydrogens is 843 g/mol. The zero-order valence-electron chi connectivity index (χ0n) is 38.1. The van der Waals surface area contributed by atoms with Gasteiger partial charge in [0.05, 0.1) is 12.7 Å². The summed E-state index contributed by atoms with van der Waals surface area (Å²) in [7, 11) is -5.16. The lowest BCUT2D eigenvalue weighted by Gasteiger charge is -2.41. The zero-order valence-corrected chi connectivity index (χ0v) is 39.0. The predicted molar refractivity (Wildman–Crippen MR) is 250 cm³/mol. The maximum absolute atomic E-state index is 12.8. The molecule has 1 rings (SSSR count). The summed E-state index contributed by atoms with van der Waals surface area (Å²) < 4.78 is 33.4. The van der Waals surface area contributed by atoms with Crippen LogP contribution in [-0.2, 0) is 32.7 Å². The van der Waals surface area contributed by atoms with Crippen LogP contribution in [0.4, 0.5) is 0 Å². The molecule has 0 aromatic rings. The molecule has 0 radical (unpaired) electrons. The summed E-state index contributed by atoms with van der Waals surface area (Å²) in [5.74, 6) is -1.23. The first-order chi connectivity index (χ1) is 30.8. The van der Waals surface area contributed by atoms with Crippen molar-refractivity contribution in [2.24, 2.45) is 0 Å². The first kappa shape index (κ1) is 58.7. The highest BCUT2D eigenvalue weighted by Crippen LogP contribution is 2.47. The highest BCUT2D eigenvalue weighted by atomic mass is 31.2. The SMILES string of the molecule is CC/C=C\C/C=C\C/C=C\C/C=C\CCCCCCC(=O)OC[C@H](COP(=O)(O)OC1[C@H](O)[C@H](O)C(O)[C@H](O)[C@H]1O)OC(=O)CCC/C=C\C/C=C\C/C=C\C=C\[C@@H](O)CCCCC. The van der Waals surface area contributed by atoms with Crippen molar-refractivity contribution < 1.29 is 68.2 Å². The average molecular weight is 923 g/mol. The van der Waals surface area contributed by atoms with E-state index in [1.165, 1.54) is 0 Å². The van der Waals surface area contributed by atoms with Crippen LogP contribution in [0.15, 0.2) is 97.2 Å². The average Bonchev–Trinajstić information content (AvgIpc) is 3.27. The minimum absolute atomic E-state index is 0.0109. The number of hydrogen-bond donors (Lipinski definition) is 7. The number of carbonyl (C=O) groups is 2. The van der Waals surface area contributed by atoms with Gasteiger partial charge in [0.15, 0.2) is 6.10 Å².